The molecule has 4 heteroatoms. The lowest BCUT2D eigenvalue weighted by Gasteiger charge is -2.20. The second kappa shape index (κ2) is 6.48. The molecule has 0 amide bonds. The fourth-order valence-electron chi connectivity index (χ4n) is 1.51. The lowest BCUT2D eigenvalue weighted by Crippen LogP contribution is -2.35. The fraction of sp³-hybridized carbons (Fsp3) is 0.500. The van der Waals surface area contributed by atoms with E-state index in [-0.39, 0.29) is 6.04 Å². The molecule has 90 valence electrons. The Labute approximate surface area is 96.4 Å². The molecule has 0 aliphatic heterocycles. The molecule has 4 N–H and O–H groups in total. The van der Waals surface area contributed by atoms with E-state index in [9.17, 15) is 5.11 Å². The summed E-state index contributed by atoms with van der Waals surface area (Å²) in [6.07, 6.45) is -0.530. The van der Waals surface area contributed by atoms with Crippen LogP contribution in [-0.4, -0.2) is 31.3 Å². The first-order chi connectivity index (χ1) is 7.69. The average Bonchev–Trinajstić information content (AvgIpc) is 2.35. The molecule has 0 spiro atoms. The van der Waals surface area contributed by atoms with Gasteiger partial charge in [0.1, 0.15) is 5.75 Å². The highest BCUT2D eigenvalue weighted by Gasteiger charge is 2.15. The van der Waals surface area contributed by atoms with E-state index in [1.807, 2.05) is 31.2 Å². The molecule has 0 aliphatic rings. The fourth-order valence-corrected chi connectivity index (χ4v) is 1.51. The first-order valence-corrected chi connectivity index (χ1v) is 5.44. The highest BCUT2D eigenvalue weighted by molar-refractivity contribution is 5.28. The van der Waals surface area contributed by atoms with Crippen LogP contribution >= 0.6 is 0 Å². The minimum atomic E-state index is -0.530. The van der Waals surface area contributed by atoms with E-state index in [2.05, 4.69) is 5.32 Å². The van der Waals surface area contributed by atoms with Crippen molar-refractivity contribution in [3.8, 4) is 5.75 Å². The third kappa shape index (κ3) is 3.48. The molecule has 2 unspecified atom stereocenters. The van der Waals surface area contributed by atoms with Gasteiger partial charge in [-0.15, -0.1) is 0 Å². The summed E-state index contributed by atoms with van der Waals surface area (Å²) in [6.45, 7) is 3.21. The normalized spacial score (nSPS) is 14.5. The summed E-state index contributed by atoms with van der Waals surface area (Å²) in [4.78, 5) is 0. The summed E-state index contributed by atoms with van der Waals surface area (Å²) in [7, 11) is 1.62. The van der Waals surface area contributed by atoms with Crippen molar-refractivity contribution in [3.05, 3.63) is 29.8 Å². The van der Waals surface area contributed by atoms with Crippen LogP contribution in [0.25, 0.3) is 0 Å². The zero-order chi connectivity index (χ0) is 12.0. The Hall–Kier alpha value is -1.10. The van der Waals surface area contributed by atoms with E-state index in [1.54, 1.807) is 7.11 Å². The van der Waals surface area contributed by atoms with Gasteiger partial charge in [0.15, 0.2) is 0 Å². The van der Waals surface area contributed by atoms with Gasteiger partial charge >= 0.3 is 0 Å². The van der Waals surface area contributed by atoms with Crippen LogP contribution in [0.2, 0.25) is 0 Å². The summed E-state index contributed by atoms with van der Waals surface area (Å²) < 4.78 is 5.06. The number of ether oxygens (including phenoxy) is 1. The average molecular weight is 224 g/mol. The SMILES string of the molecule is COc1ccc(C(O)C(C)NCCN)cc1. The molecule has 1 aromatic carbocycles. The van der Waals surface area contributed by atoms with Gasteiger partial charge in [-0.25, -0.2) is 0 Å². The van der Waals surface area contributed by atoms with Crippen LogP contribution in [0.5, 0.6) is 5.75 Å². The van der Waals surface area contributed by atoms with Gasteiger partial charge in [0, 0.05) is 19.1 Å². The van der Waals surface area contributed by atoms with Crippen molar-refractivity contribution in [2.45, 2.75) is 19.1 Å². The van der Waals surface area contributed by atoms with Crippen LogP contribution in [0.15, 0.2) is 24.3 Å². The number of hydrogen-bond acceptors (Lipinski definition) is 4. The second-order valence-corrected chi connectivity index (χ2v) is 3.75. The minimum Gasteiger partial charge on any atom is -0.497 e. The maximum Gasteiger partial charge on any atom is 0.118 e. The number of benzene rings is 1. The summed E-state index contributed by atoms with van der Waals surface area (Å²) in [5, 5.41) is 13.2. The second-order valence-electron chi connectivity index (χ2n) is 3.75. The van der Waals surface area contributed by atoms with Crippen LogP contribution in [0.1, 0.15) is 18.6 Å². The first kappa shape index (κ1) is 13.0. The molecule has 16 heavy (non-hydrogen) atoms. The predicted octanol–water partition coefficient (Wildman–Crippen LogP) is 0.665. The van der Waals surface area contributed by atoms with Crippen molar-refractivity contribution < 1.29 is 9.84 Å². The number of methoxy groups -OCH3 is 1. The van der Waals surface area contributed by atoms with E-state index in [0.29, 0.717) is 13.1 Å². The van der Waals surface area contributed by atoms with E-state index in [0.717, 1.165) is 11.3 Å². The topological polar surface area (TPSA) is 67.5 Å². The molecule has 4 nitrogen and oxygen atoms in total. The van der Waals surface area contributed by atoms with Gasteiger partial charge in [-0.2, -0.15) is 0 Å². The molecular formula is C12H20N2O2. The summed E-state index contributed by atoms with van der Waals surface area (Å²) in [6, 6.07) is 7.40. The van der Waals surface area contributed by atoms with Gasteiger partial charge in [-0.1, -0.05) is 12.1 Å². The molecule has 0 saturated heterocycles. The van der Waals surface area contributed by atoms with Gasteiger partial charge in [-0.05, 0) is 24.6 Å². The maximum atomic E-state index is 10.0. The van der Waals surface area contributed by atoms with E-state index in [1.165, 1.54) is 0 Å². The van der Waals surface area contributed by atoms with Crippen LogP contribution in [0.3, 0.4) is 0 Å². The summed E-state index contributed by atoms with van der Waals surface area (Å²) >= 11 is 0. The van der Waals surface area contributed by atoms with E-state index >= 15 is 0 Å². The molecule has 0 aromatic heterocycles. The number of aliphatic hydroxyl groups excluding tert-OH is 1. The van der Waals surface area contributed by atoms with Crippen molar-refractivity contribution >= 4 is 0 Å². The number of nitrogens with one attached hydrogen (secondary N) is 1. The first-order valence-electron chi connectivity index (χ1n) is 5.44. The van der Waals surface area contributed by atoms with Crippen molar-refractivity contribution in [3.63, 3.8) is 0 Å². The summed E-state index contributed by atoms with van der Waals surface area (Å²) in [5.74, 6) is 0.790. The van der Waals surface area contributed by atoms with Crippen molar-refractivity contribution in [1.82, 2.24) is 5.32 Å². The van der Waals surface area contributed by atoms with Crippen LogP contribution in [-0.2, 0) is 0 Å². The Morgan fingerprint density at radius 3 is 2.50 bits per heavy atom. The quantitative estimate of drug-likeness (QED) is 0.664. The lowest BCUT2D eigenvalue weighted by atomic mass is 10.0. The van der Waals surface area contributed by atoms with E-state index in [4.69, 9.17) is 10.5 Å². The largest absolute Gasteiger partial charge is 0.497 e. The van der Waals surface area contributed by atoms with Crippen LogP contribution in [0, 0.1) is 0 Å². The maximum absolute atomic E-state index is 10.0. The highest BCUT2D eigenvalue weighted by Crippen LogP contribution is 2.19. The highest BCUT2D eigenvalue weighted by atomic mass is 16.5. The van der Waals surface area contributed by atoms with Gasteiger partial charge in [-0.3, -0.25) is 0 Å². The molecule has 0 heterocycles. The Kier molecular flexibility index (Phi) is 5.25. The molecule has 0 radical (unpaired) electrons. The Morgan fingerprint density at radius 1 is 1.38 bits per heavy atom. The number of hydrogen-bond donors (Lipinski definition) is 3. The molecule has 2 atom stereocenters. The molecule has 0 saturated carbocycles. The zero-order valence-electron chi connectivity index (χ0n) is 9.81. The third-order valence-electron chi connectivity index (χ3n) is 2.54. The summed E-state index contributed by atoms with van der Waals surface area (Å²) in [5.41, 5.74) is 6.27. The molecule has 0 aliphatic carbocycles. The number of aliphatic hydroxyl groups is 1. The van der Waals surface area contributed by atoms with E-state index < -0.39 is 6.10 Å². The van der Waals surface area contributed by atoms with Gasteiger partial charge in [0.25, 0.3) is 0 Å². The number of rotatable bonds is 6. The molecule has 0 bridgehead atoms. The monoisotopic (exact) mass is 224 g/mol. The van der Waals surface area contributed by atoms with Crippen LogP contribution < -0.4 is 15.8 Å². The van der Waals surface area contributed by atoms with Gasteiger partial charge in [0.05, 0.1) is 13.2 Å². The molecule has 1 aromatic rings. The number of nitrogens with two attached hydrogens (primary N) is 1. The van der Waals surface area contributed by atoms with Gasteiger partial charge in [0.2, 0.25) is 0 Å². The van der Waals surface area contributed by atoms with Crippen LogP contribution in [0.4, 0.5) is 0 Å². The third-order valence-corrected chi connectivity index (χ3v) is 2.54. The molecular weight excluding hydrogens is 204 g/mol. The van der Waals surface area contributed by atoms with Crippen molar-refractivity contribution in [1.29, 1.82) is 0 Å². The van der Waals surface area contributed by atoms with Crippen molar-refractivity contribution in [2.24, 2.45) is 5.73 Å². The molecule has 0 fully saturated rings. The lowest BCUT2D eigenvalue weighted by molar-refractivity contribution is 0.136. The van der Waals surface area contributed by atoms with Gasteiger partial charge < -0.3 is 20.9 Å². The minimum absolute atomic E-state index is 0.0167. The zero-order valence-corrected chi connectivity index (χ0v) is 9.81. The Bertz CT molecular complexity index is 300. The Balaban J connectivity index is 2.60. The Morgan fingerprint density at radius 2 is 2.00 bits per heavy atom. The predicted molar refractivity (Wildman–Crippen MR) is 64.5 cm³/mol. The van der Waals surface area contributed by atoms with Crippen molar-refractivity contribution in [2.75, 3.05) is 20.2 Å². The smallest absolute Gasteiger partial charge is 0.118 e. The molecule has 1 rings (SSSR count). The standard InChI is InChI=1S/C12H20N2O2/c1-9(14-8-7-13)12(15)10-3-5-11(16-2)6-4-10/h3-6,9,12,14-15H,7-8,13H2,1-2H3.